The summed E-state index contributed by atoms with van der Waals surface area (Å²) in [5.74, 6) is 3.16. The Bertz CT molecular complexity index is 732. The predicted molar refractivity (Wildman–Crippen MR) is 108 cm³/mol. The highest BCUT2D eigenvalue weighted by atomic mass is 16.5. The van der Waals surface area contributed by atoms with Crippen LogP contribution >= 0.6 is 0 Å². The quantitative estimate of drug-likeness (QED) is 0.764. The molecule has 0 unspecified atom stereocenters. The molecule has 0 saturated carbocycles. The van der Waals surface area contributed by atoms with Gasteiger partial charge in [0.05, 0.1) is 14.2 Å². The summed E-state index contributed by atoms with van der Waals surface area (Å²) < 4.78 is 10.6. The fraction of sp³-hybridized carbons (Fsp3) is 0.500. The second-order valence-corrected chi connectivity index (χ2v) is 6.53. The van der Waals surface area contributed by atoms with Crippen molar-refractivity contribution in [2.45, 2.75) is 13.3 Å². The second kappa shape index (κ2) is 9.41. The first-order valence-electron chi connectivity index (χ1n) is 9.48. The van der Waals surface area contributed by atoms with E-state index < -0.39 is 0 Å². The minimum atomic E-state index is 0.672. The van der Waals surface area contributed by atoms with E-state index >= 15 is 0 Å². The summed E-state index contributed by atoms with van der Waals surface area (Å²) in [6.07, 6.45) is 2.68. The molecule has 0 amide bonds. The lowest BCUT2D eigenvalue weighted by molar-refractivity contribution is 0.270. The van der Waals surface area contributed by atoms with Gasteiger partial charge in [-0.3, -0.25) is 0 Å². The molecule has 7 heteroatoms. The van der Waals surface area contributed by atoms with Gasteiger partial charge in [0, 0.05) is 38.9 Å². The largest absolute Gasteiger partial charge is 0.493 e. The van der Waals surface area contributed by atoms with Crippen molar-refractivity contribution in [2.75, 3.05) is 63.7 Å². The fourth-order valence-electron chi connectivity index (χ4n) is 3.26. The van der Waals surface area contributed by atoms with Crippen LogP contribution in [-0.2, 0) is 6.42 Å². The SMILES string of the molecule is CCN1CCN(c2ccnc(NCCc3ccc(OC)c(OC)c3)n2)CC1. The Morgan fingerprint density at radius 2 is 1.81 bits per heavy atom. The Balaban J connectivity index is 1.54. The topological polar surface area (TPSA) is 62.8 Å². The van der Waals surface area contributed by atoms with Crippen LogP contribution in [0.25, 0.3) is 0 Å². The van der Waals surface area contributed by atoms with E-state index in [1.54, 1.807) is 14.2 Å². The number of aromatic nitrogens is 2. The van der Waals surface area contributed by atoms with E-state index in [-0.39, 0.29) is 0 Å². The maximum absolute atomic E-state index is 5.36. The minimum Gasteiger partial charge on any atom is -0.493 e. The molecule has 2 aromatic rings. The maximum atomic E-state index is 5.36. The first-order valence-corrected chi connectivity index (χ1v) is 9.48. The van der Waals surface area contributed by atoms with E-state index in [2.05, 4.69) is 32.0 Å². The molecule has 27 heavy (non-hydrogen) atoms. The normalized spacial score (nSPS) is 14.9. The van der Waals surface area contributed by atoms with E-state index in [0.29, 0.717) is 5.95 Å². The van der Waals surface area contributed by atoms with Crippen molar-refractivity contribution in [1.29, 1.82) is 0 Å². The molecule has 1 aromatic carbocycles. The summed E-state index contributed by atoms with van der Waals surface area (Å²) >= 11 is 0. The van der Waals surface area contributed by atoms with Crippen LogP contribution in [0.15, 0.2) is 30.5 Å². The van der Waals surface area contributed by atoms with Crippen molar-refractivity contribution in [3.63, 3.8) is 0 Å². The summed E-state index contributed by atoms with van der Waals surface area (Å²) in [5.41, 5.74) is 1.17. The van der Waals surface area contributed by atoms with E-state index in [4.69, 9.17) is 9.47 Å². The van der Waals surface area contributed by atoms with Crippen molar-refractivity contribution in [1.82, 2.24) is 14.9 Å². The van der Waals surface area contributed by atoms with Gasteiger partial charge in [0.25, 0.3) is 0 Å². The molecule has 146 valence electrons. The lowest BCUT2D eigenvalue weighted by Crippen LogP contribution is -2.46. The third-order valence-electron chi connectivity index (χ3n) is 4.93. The van der Waals surface area contributed by atoms with E-state index in [1.807, 2.05) is 30.5 Å². The van der Waals surface area contributed by atoms with Crippen molar-refractivity contribution in [2.24, 2.45) is 0 Å². The van der Waals surface area contributed by atoms with Crippen molar-refractivity contribution in [3.05, 3.63) is 36.0 Å². The minimum absolute atomic E-state index is 0.672. The van der Waals surface area contributed by atoms with Gasteiger partial charge in [-0.05, 0) is 36.7 Å². The van der Waals surface area contributed by atoms with E-state index in [1.165, 1.54) is 5.56 Å². The summed E-state index contributed by atoms with van der Waals surface area (Å²) in [5, 5.41) is 3.33. The molecular formula is C20H29N5O2. The Labute approximate surface area is 161 Å². The maximum Gasteiger partial charge on any atom is 0.224 e. The van der Waals surface area contributed by atoms with Gasteiger partial charge in [-0.25, -0.2) is 4.98 Å². The van der Waals surface area contributed by atoms with Crippen LogP contribution in [0, 0.1) is 0 Å². The molecule has 7 nitrogen and oxygen atoms in total. The fourth-order valence-corrected chi connectivity index (χ4v) is 3.26. The smallest absolute Gasteiger partial charge is 0.224 e. The number of nitrogens with zero attached hydrogens (tertiary/aromatic N) is 4. The molecule has 2 heterocycles. The standard InChI is InChI=1S/C20H29N5O2/c1-4-24-11-13-25(14-12-24)19-8-10-22-20(23-19)21-9-7-16-5-6-17(26-2)18(15-16)27-3/h5-6,8,10,15H,4,7,9,11-14H2,1-3H3,(H,21,22,23). The molecule has 0 spiro atoms. The molecule has 0 aliphatic carbocycles. The monoisotopic (exact) mass is 371 g/mol. The first kappa shape index (κ1) is 19.2. The Kier molecular flexibility index (Phi) is 6.70. The molecule has 3 rings (SSSR count). The van der Waals surface area contributed by atoms with Gasteiger partial charge in [-0.15, -0.1) is 0 Å². The molecular weight excluding hydrogens is 342 g/mol. The van der Waals surface area contributed by atoms with Crippen LogP contribution in [0.4, 0.5) is 11.8 Å². The molecule has 1 N–H and O–H groups in total. The molecule has 1 aliphatic rings. The van der Waals surface area contributed by atoms with Crippen LogP contribution in [0.3, 0.4) is 0 Å². The first-order chi connectivity index (χ1) is 13.2. The molecule has 1 saturated heterocycles. The summed E-state index contributed by atoms with van der Waals surface area (Å²) in [6.45, 7) is 8.26. The summed E-state index contributed by atoms with van der Waals surface area (Å²) in [4.78, 5) is 13.8. The molecule has 0 radical (unpaired) electrons. The number of benzene rings is 1. The Morgan fingerprint density at radius 1 is 1.04 bits per heavy atom. The third-order valence-corrected chi connectivity index (χ3v) is 4.93. The van der Waals surface area contributed by atoms with Gasteiger partial charge in [0.2, 0.25) is 5.95 Å². The number of anilines is 2. The molecule has 1 fully saturated rings. The number of hydrogen-bond acceptors (Lipinski definition) is 7. The Hall–Kier alpha value is -2.54. The van der Waals surface area contributed by atoms with Crippen molar-refractivity contribution >= 4 is 11.8 Å². The van der Waals surface area contributed by atoms with Gasteiger partial charge in [-0.1, -0.05) is 13.0 Å². The molecule has 0 bridgehead atoms. The van der Waals surface area contributed by atoms with Crippen LogP contribution in [0.2, 0.25) is 0 Å². The van der Waals surface area contributed by atoms with E-state index in [0.717, 1.165) is 63.0 Å². The van der Waals surface area contributed by atoms with Gasteiger partial charge in [0.1, 0.15) is 5.82 Å². The van der Waals surface area contributed by atoms with E-state index in [9.17, 15) is 0 Å². The number of rotatable bonds is 8. The number of hydrogen-bond donors (Lipinski definition) is 1. The second-order valence-electron chi connectivity index (χ2n) is 6.53. The summed E-state index contributed by atoms with van der Waals surface area (Å²) in [6, 6.07) is 7.97. The van der Waals surface area contributed by atoms with Crippen molar-refractivity contribution < 1.29 is 9.47 Å². The van der Waals surface area contributed by atoms with Gasteiger partial charge >= 0.3 is 0 Å². The number of nitrogens with one attached hydrogen (secondary N) is 1. The average molecular weight is 371 g/mol. The number of likely N-dealkylation sites (N-methyl/N-ethyl adjacent to an activating group) is 1. The third kappa shape index (κ3) is 5.01. The number of ether oxygens (including phenoxy) is 2. The number of piperazine rings is 1. The molecule has 1 aliphatic heterocycles. The highest BCUT2D eigenvalue weighted by molar-refractivity contribution is 5.44. The van der Waals surface area contributed by atoms with Gasteiger partial charge in [-0.2, -0.15) is 4.98 Å². The Morgan fingerprint density at radius 3 is 2.52 bits per heavy atom. The predicted octanol–water partition coefficient (Wildman–Crippen LogP) is 2.29. The van der Waals surface area contributed by atoms with Crippen LogP contribution in [0.1, 0.15) is 12.5 Å². The highest BCUT2D eigenvalue weighted by Crippen LogP contribution is 2.27. The highest BCUT2D eigenvalue weighted by Gasteiger charge is 2.17. The van der Waals surface area contributed by atoms with Gasteiger partial charge < -0.3 is 24.6 Å². The van der Waals surface area contributed by atoms with Gasteiger partial charge in [0.15, 0.2) is 11.5 Å². The zero-order valence-electron chi connectivity index (χ0n) is 16.4. The molecule has 0 atom stereocenters. The number of methoxy groups -OCH3 is 2. The summed E-state index contributed by atoms with van der Waals surface area (Å²) in [7, 11) is 3.30. The zero-order chi connectivity index (χ0) is 19.1. The lowest BCUT2D eigenvalue weighted by atomic mass is 10.1. The lowest BCUT2D eigenvalue weighted by Gasteiger charge is -2.34. The zero-order valence-corrected chi connectivity index (χ0v) is 16.4. The van der Waals surface area contributed by atoms with Crippen LogP contribution in [0.5, 0.6) is 11.5 Å². The van der Waals surface area contributed by atoms with Crippen molar-refractivity contribution in [3.8, 4) is 11.5 Å². The average Bonchev–Trinajstić information content (AvgIpc) is 2.74. The van der Waals surface area contributed by atoms with Crippen LogP contribution < -0.4 is 19.7 Å². The molecule has 1 aromatic heterocycles. The van der Waals surface area contributed by atoms with Crippen LogP contribution in [-0.4, -0.2) is 68.4 Å².